The van der Waals surface area contributed by atoms with Crippen LogP contribution >= 0.6 is 0 Å². The molecule has 2 N–H and O–H groups in total. The van der Waals surface area contributed by atoms with E-state index in [0.717, 1.165) is 18.5 Å². The van der Waals surface area contributed by atoms with Crippen molar-refractivity contribution in [3.05, 3.63) is 0 Å². The second-order valence-electron chi connectivity index (χ2n) is 3.94. The summed E-state index contributed by atoms with van der Waals surface area (Å²) in [7, 11) is 4.16. The fraction of sp³-hybridized carbons (Fsp3) is 1.00. The van der Waals surface area contributed by atoms with Gasteiger partial charge in [-0.1, -0.05) is 20.8 Å². The Hall–Kier alpha value is -0.120. The van der Waals surface area contributed by atoms with E-state index in [1.54, 1.807) is 0 Å². The molecule has 3 heteroatoms. The minimum absolute atomic E-state index is 0.746. The second kappa shape index (κ2) is 7.21. The van der Waals surface area contributed by atoms with Crippen molar-refractivity contribution < 1.29 is 0 Å². The van der Waals surface area contributed by atoms with Crippen molar-refractivity contribution >= 4 is 0 Å². The van der Waals surface area contributed by atoms with E-state index in [1.807, 2.05) is 25.9 Å². The Balaban J connectivity index is 0.000000791. The average Bonchev–Trinajstić information content (AvgIpc) is 2.49. The number of likely N-dealkylation sites (tertiary alicyclic amines) is 1. The van der Waals surface area contributed by atoms with Crippen molar-refractivity contribution in [2.45, 2.75) is 39.7 Å². The van der Waals surface area contributed by atoms with Gasteiger partial charge in [0.25, 0.3) is 0 Å². The van der Waals surface area contributed by atoms with Crippen molar-refractivity contribution in [3.8, 4) is 0 Å². The summed E-state index contributed by atoms with van der Waals surface area (Å²) in [4.78, 5) is 2.45. The first kappa shape index (κ1) is 13.9. The summed E-state index contributed by atoms with van der Waals surface area (Å²) in [5, 5.41) is 1.81. The van der Waals surface area contributed by atoms with E-state index >= 15 is 0 Å². The van der Waals surface area contributed by atoms with Gasteiger partial charge in [0.15, 0.2) is 0 Å². The lowest BCUT2D eigenvalue weighted by molar-refractivity contribution is 0.214. The molecule has 0 aromatic carbocycles. The quantitative estimate of drug-likeness (QED) is 0.555. The van der Waals surface area contributed by atoms with E-state index in [0.29, 0.717) is 0 Å². The Bertz CT molecular complexity index is 136. The zero-order valence-electron chi connectivity index (χ0n) is 10.5. The van der Waals surface area contributed by atoms with Gasteiger partial charge in [-0.3, -0.25) is 5.84 Å². The highest BCUT2D eigenvalue weighted by Gasteiger charge is 2.30. The number of nitrogens with zero attached hydrogens (tertiary/aromatic N) is 2. The van der Waals surface area contributed by atoms with E-state index in [4.69, 9.17) is 5.84 Å². The van der Waals surface area contributed by atoms with E-state index in [2.05, 4.69) is 18.9 Å². The maximum atomic E-state index is 5.65. The predicted octanol–water partition coefficient (Wildman–Crippen LogP) is 1.55. The maximum Gasteiger partial charge on any atom is 0.0169 e. The molecule has 0 aromatic heterocycles. The highest BCUT2D eigenvalue weighted by molar-refractivity contribution is 4.84. The Kier molecular flexibility index (Phi) is 7.15. The third-order valence-electron chi connectivity index (χ3n) is 2.90. The summed E-state index contributed by atoms with van der Waals surface area (Å²) in [6.07, 6.45) is 2.55. The number of hydrogen-bond acceptors (Lipinski definition) is 3. The van der Waals surface area contributed by atoms with Crippen molar-refractivity contribution in [1.82, 2.24) is 9.91 Å². The molecule has 1 rings (SSSR count). The molecule has 0 aromatic rings. The first-order valence-electron chi connectivity index (χ1n) is 5.81. The first-order chi connectivity index (χ1) is 6.65. The van der Waals surface area contributed by atoms with Crippen molar-refractivity contribution in [3.63, 3.8) is 0 Å². The third-order valence-corrected chi connectivity index (χ3v) is 2.90. The molecule has 1 fully saturated rings. The average molecular weight is 201 g/mol. The molecule has 3 nitrogen and oxygen atoms in total. The molecular formula is C11H27N3. The molecule has 0 spiro atoms. The van der Waals surface area contributed by atoms with Gasteiger partial charge in [-0.25, -0.2) is 5.01 Å². The van der Waals surface area contributed by atoms with Gasteiger partial charge in [0.05, 0.1) is 0 Å². The fourth-order valence-corrected chi connectivity index (χ4v) is 2.32. The van der Waals surface area contributed by atoms with Crippen molar-refractivity contribution in [2.24, 2.45) is 11.8 Å². The van der Waals surface area contributed by atoms with Crippen molar-refractivity contribution in [1.29, 1.82) is 0 Å². The van der Waals surface area contributed by atoms with Crippen LogP contribution in [0.4, 0.5) is 0 Å². The molecule has 0 amide bonds. The largest absolute Gasteiger partial charge is 0.303 e. The summed E-state index contributed by atoms with van der Waals surface area (Å²) in [5.41, 5.74) is 0. The third kappa shape index (κ3) is 3.95. The lowest BCUT2D eigenvalue weighted by Crippen LogP contribution is -2.37. The molecule has 86 valence electrons. The Morgan fingerprint density at radius 3 is 2.43 bits per heavy atom. The number of hydrazine groups is 1. The molecule has 2 unspecified atom stereocenters. The van der Waals surface area contributed by atoms with Gasteiger partial charge >= 0.3 is 0 Å². The normalized spacial score (nSPS) is 27.6. The van der Waals surface area contributed by atoms with Gasteiger partial charge in [0.1, 0.15) is 0 Å². The number of nitrogens with two attached hydrogens (primary N) is 1. The predicted molar refractivity (Wildman–Crippen MR) is 63.0 cm³/mol. The standard InChI is InChI=1S/C9H21N3.C2H6/c1-4-9-8(7-12(3)10)5-6-11(9)2;1-2/h8-9H,4-7,10H2,1-3H3;1-2H3. The van der Waals surface area contributed by atoms with Gasteiger partial charge in [-0.2, -0.15) is 0 Å². The fourth-order valence-electron chi connectivity index (χ4n) is 2.32. The smallest absolute Gasteiger partial charge is 0.0169 e. The lowest BCUT2D eigenvalue weighted by Gasteiger charge is -2.25. The van der Waals surface area contributed by atoms with Gasteiger partial charge in [0, 0.05) is 19.6 Å². The summed E-state index contributed by atoms with van der Waals surface area (Å²) < 4.78 is 0. The van der Waals surface area contributed by atoms with Crippen molar-refractivity contribution in [2.75, 3.05) is 27.2 Å². The van der Waals surface area contributed by atoms with Gasteiger partial charge < -0.3 is 4.90 Å². The van der Waals surface area contributed by atoms with Crippen LogP contribution in [0.2, 0.25) is 0 Å². The van der Waals surface area contributed by atoms with E-state index in [1.165, 1.54) is 19.4 Å². The topological polar surface area (TPSA) is 32.5 Å². The molecule has 1 aliphatic heterocycles. The monoisotopic (exact) mass is 201 g/mol. The van der Waals surface area contributed by atoms with Crippen LogP contribution in [0.5, 0.6) is 0 Å². The van der Waals surface area contributed by atoms with Crippen LogP contribution in [0.1, 0.15) is 33.6 Å². The Labute approximate surface area is 89.2 Å². The van der Waals surface area contributed by atoms with Crippen LogP contribution < -0.4 is 5.84 Å². The molecule has 2 atom stereocenters. The van der Waals surface area contributed by atoms with E-state index in [9.17, 15) is 0 Å². The maximum absolute atomic E-state index is 5.65. The lowest BCUT2D eigenvalue weighted by atomic mass is 9.98. The minimum Gasteiger partial charge on any atom is -0.303 e. The Morgan fingerprint density at radius 1 is 1.43 bits per heavy atom. The van der Waals surface area contributed by atoms with Gasteiger partial charge in [-0.05, 0) is 32.4 Å². The summed E-state index contributed by atoms with van der Waals surface area (Å²) in [5.74, 6) is 6.42. The second-order valence-corrected chi connectivity index (χ2v) is 3.94. The van der Waals surface area contributed by atoms with Crippen LogP contribution in [-0.4, -0.2) is 43.1 Å². The first-order valence-corrected chi connectivity index (χ1v) is 5.81. The van der Waals surface area contributed by atoms with E-state index < -0.39 is 0 Å². The van der Waals surface area contributed by atoms with Crippen LogP contribution in [0.15, 0.2) is 0 Å². The molecule has 14 heavy (non-hydrogen) atoms. The summed E-state index contributed by atoms with van der Waals surface area (Å²) >= 11 is 0. The minimum atomic E-state index is 0.746. The number of hydrogen-bond donors (Lipinski definition) is 1. The van der Waals surface area contributed by atoms with Crippen LogP contribution in [0.25, 0.3) is 0 Å². The van der Waals surface area contributed by atoms with Crippen LogP contribution in [0.3, 0.4) is 0 Å². The zero-order chi connectivity index (χ0) is 11.1. The molecular weight excluding hydrogens is 174 g/mol. The highest BCUT2D eigenvalue weighted by atomic mass is 15.4. The van der Waals surface area contributed by atoms with Crippen LogP contribution in [-0.2, 0) is 0 Å². The summed E-state index contributed by atoms with van der Waals surface area (Å²) in [6.45, 7) is 8.52. The molecule has 0 bridgehead atoms. The molecule has 1 saturated heterocycles. The van der Waals surface area contributed by atoms with Crippen LogP contribution in [0, 0.1) is 5.92 Å². The van der Waals surface area contributed by atoms with Gasteiger partial charge in [-0.15, -0.1) is 0 Å². The zero-order valence-corrected chi connectivity index (χ0v) is 10.5. The molecule has 0 aliphatic carbocycles. The van der Waals surface area contributed by atoms with Gasteiger partial charge in [0.2, 0.25) is 0 Å². The summed E-state index contributed by atoms with van der Waals surface area (Å²) in [6, 6.07) is 0.746. The van der Waals surface area contributed by atoms with E-state index in [-0.39, 0.29) is 0 Å². The Morgan fingerprint density at radius 2 is 2.00 bits per heavy atom. The highest BCUT2D eigenvalue weighted by Crippen LogP contribution is 2.25. The molecule has 1 heterocycles. The molecule has 0 saturated carbocycles. The SMILES string of the molecule is CC.CCC1C(CN(C)N)CCN1C. The molecule has 1 aliphatic rings. The number of rotatable bonds is 3. The molecule has 0 radical (unpaired) electrons.